The second kappa shape index (κ2) is 6.09. The smallest absolute Gasteiger partial charge is 0.425 e. The fourth-order valence-corrected chi connectivity index (χ4v) is 1.28. The topological polar surface area (TPSA) is 52.3 Å². The number of benzene rings is 1. The molecule has 1 amide bonds. The van der Waals surface area contributed by atoms with E-state index in [2.05, 4.69) is 10.5 Å². The quantitative estimate of drug-likeness (QED) is 0.903. The summed E-state index contributed by atoms with van der Waals surface area (Å²) in [7, 11) is 0. The monoisotopic (exact) mass is 259 g/mol. The Morgan fingerprint density at radius 1 is 1.33 bits per heavy atom. The Hall–Kier alpha value is -1.98. The van der Waals surface area contributed by atoms with Crippen molar-refractivity contribution in [2.75, 3.05) is 0 Å². The van der Waals surface area contributed by atoms with Gasteiger partial charge in [-0.15, -0.1) is 0 Å². The number of halogens is 3. The van der Waals surface area contributed by atoms with Gasteiger partial charge in [-0.05, 0) is 5.56 Å². The summed E-state index contributed by atoms with van der Waals surface area (Å²) < 4.78 is 41.3. The van der Waals surface area contributed by atoms with E-state index >= 15 is 0 Å². The van der Waals surface area contributed by atoms with Crippen LogP contribution < -0.4 is 5.73 Å². The Balaban J connectivity index is 2.62. The predicted octanol–water partition coefficient (Wildman–Crippen LogP) is 3.12. The third-order valence-corrected chi connectivity index (χ3v) is 2.08. The number of alkyl halides is 3. The second-order valence-corrected chi connectivity index (χ2v) is 3.52. The molecule has 6 heteroatoms. The Morgan fingerprint density at radius 3 is 2.44 bits per heavy atom. The molecule has 1 atom stereocenters. The van der Waals surface area contributed by atoms with Gasteiger partial charge in [-0.1, -0.05) is 42.5 Å². The number of primary amides is 1. The van der Waals surface area contributed by atoms with Gasteiger partial charge in [0.1, 0.15) is 0 Å². The summed E-state index contributed by atoms with van der Waals surface area (Å²) in [6.45, 7) is 0. The summed E-state index contributed by atoms with van der Waals surface area (Å²) in [6.07, 6.45) is -5.95. The van der Waals surface area contributed by atoms with E-state index in [0.717, 1.165) is 5.56 Å². The van der Waals surface area contributed by atoms with Crippen molar-refractivity contribution in [3.8, 4) is 0 Å². The molecule has 0 fully saturated rings. The molecule has 0 aliphatic heterocycles. The SMILES string of the molecule is NC(=O)OC(CC=Cc1ccccc1)C(F)(F)F. The van der Waals surface area contributed by atoms with Gasteiger partial charge in [0.25, 0.3) is 0 Å². The molecule has 1 rings (SSSR count). The molecular weight excluding hydrogens is 247 g/mol. The Labute approximate surface area is 102 Å². The van der Waals surface area contributed by atoms with Crippen LogP contribution in [0.25, 0.3) is 6.08 Å². The standard InChI is InChI=1S/C12H12F3NO2/c13-12(14,15)10(18-11(16)17)8-4-7-9-5-2-1-3-6-9/h1-7,10H,8H2,(H2,16,17). The van der Waals surface area contributed by atoms with Crippen LogP contribution >= 0.6 is 0 Å². The average molecular weight is 259 g/mol. The lowest BCUT2D eigenvalue weighted by Gasteiger charge is -2.17. The highest BCUT2D eigenvalue weighted by Crippen LogP contribution is 2.25. The van der Waals surface area contributed by atoms with Gasteiger partial charge in [0.15, 0.2) is 0 Å². The highest BCUT2D eigenvalue weighted by Gasteiger charge is 2.41. The van der Waals surface area contributed by atoms with Crippen LogP contribution in [0.2, 0.25) is 0 Å². The van der Waals surface area contributed by atoms with Crippen LogP contribution in [0.4, 0.5) is 18.0 Å². The Morgan fingerprint density at radius 2 is 1.94 bits per heavy atom. The van der Waals surface area contributed by atoms with Gasteiger partial charge in [0, 0.05) is 6.42 Å². The number of ether oxygens (including phenoxy) is 1. The Kier molecular flexibility index (Phi) is 4.76. The van der Waals surface area contributed by atoms with E-state index in [4.69, 9.17) is 0 Å². The zero-order chi connectivity index (χ0) is 13.6. The van der Waals surface area contributed by atoms with Crippen molar-refractivity contribution in [1.82, 2.24) is 0 Å². The molecule has 1 unspecified atom stereocenters. The first kappa shape index (κ1) is 14.1. The lowest BCUT2D eigenvalue weighted by atomic mass is 10.1. The van der Waals surface area contributed by atoms with Crippen LogP contribution in [-0.4, -0.2) is 18.4 Å². The fourth-order valence-electron chi connectivity index (χ4n) is 1.28. The maximum atomic E-state index is 12.4. The number of amides is 1. The summed E-state index contributed by atoms with van der Waals surface area (Å²) in [6, 6.07) is 8.82. The molecule has 98 valence electrons. The van der Waals surface area contributed by atoms with E-state index in [1.807, 2.05) is 0 Å². The largest absolute Gasteiger partial charge is 0.436 e. The van der Waals surface area contributed by atoms with E-state index in [9.17, 15) is 18.0 Å². The summed E-state index contributed by atoms with van der Waals surface area (Å²) in [4.78, 5) is 10.4. The third kappa shape index (κ3) is 4.90. The molecule has 0 saturated heterocycles. The Bertz CT molecular complexity index is 415. The first-order chi connectivity index (χ1) is 8.39. The molecule has 2 N–H and O–H groups in total. The highest BCUT2D eigenvalue weighted by atomic mass is 19.4. The average Bonchev–Trinajstić information content (AvgIpc) is 2.27. The van der Waals surface area contributed by atoms with Crippen LogP contribution in [0, 0.1) is 0 Å². The number of hydrogen-bond acceptors (Lipinski definition) is 2. The van der Waals surface area contributed by atoms with E-state index < -0.39 is 24.8 Å². The number of nitrogens with two attached hydrogens (primary N) is 1. The number of rotatable bonds is 4. The van der Waals surface area contributed by atoms with E-state index in [1.165, 1.54) is 12.2 Å². The van der Waals surface area contributed by atoms with Crippen molar-refractivity contribution in [1.29, 1.82) is 0 Å². The highest BCUT2D eigenvalue weighted by molar-refractivity contribution is 5.65. The molecule has 0 aromatic heterocycles. The molecule has 0 heterocycles. The van der Waals surface area contributed by atoms with Crippen molar-refractivity contribution in [2.24, 2.45) is 5.73 Å². The van der Waals surface area contributed by atoms with Gasteiger partial charge in [0.2, 0.25) is 6.10 Å². The molecule has 0 aliphatic rings. The zero-order valence-corrected chi connectivity index (χ0v) is 9.35. The maximum Gasteiger partial charge on any atom is 0.425 e. The number of carbonyl (C=O) groups excluding carboxylic acids is 1. The molecule has 0 radical (unpaired) electrons. The van der Waals surface area contributed by atoms with Crippen molar-refractivity contribution in [3.05, 3.63) is 42.0 Å². The van der Waals surface area contributed by atoms with Gasteiger partial charge >= 0.3 is 12.3 Å². The van der Waals surface area contributed by atoms with Gasteiger partial charge in [-0.2, -0.15) is 13.2 Å². The minimum Gasteiger partial charge on any atom is -0.436 e. The van der Waals surface area contributed by atoms with Crippen LogP contribution in [0.1, 0.15) is 12.0 Å². The zero-order valence-electron chi connectivity index (χ0n) is 9.35. The second-order valence-electron chi connectivity index (χ2n) is 3.52. The first-order valence-electron chi connectivity index (χ1n) is 5.14. The van der Waals surface area contributed by atoms with Crippen LogP contribution in [0.5, 0.6) is 0 Å². The molecule has 1 aromatic carbocycles. The third-order valence-electron chi connectivity index (χ3n) is 2.08. The van der Waals surface area contributed by atoms with Crippen LogP contribution in [0.15, 0.2) is 36.4 Å². The van der Waals surface area contributed by atoms with Gasteiger partial charge < -0.3 is 10.5 Å². The van der Waals surface area contributed by atoms with Crippen molar-refractivity contribution in [3.63, 3.8) is 0 Å². The van der Waals surface area contributed by atoms with E-state index in [0.29, 0.717) is 0 Å². The van der Waals surface area contributed by atoms with Gasteiger partial charge in [0.05, 0.1) is 0 Å². The molecule has 3 nitrogen and oxygen atoms in total. The number of hydrogen-bond donors (Lipinski definition) is 1. The molecule has 0 aliphatic carbocycles. The van der Waals surface area contributed by atoms with Crippen molar-refractivity contribution < 1.29 is 22.7 Å². The number of carbonyl (C=O) groups is 1. The van der Waals surface area contributed by atoms with Crippen molar-refractivity contribution in [2.45, 2.75) is 18.7 Å². The molecular formula is C12H12F3NO2. The minimum absolute atomic E-state index is 0.471. The molecule has 0 spiro atoms. The van der Waals surface area contributed by atoms with Crippen LogP contribution in [-0.2, 0) is 4.74 Å². The molecule has 18 heavy (non-hydrogen) atoms. The van der Waals surface area contributed by atoms with Gasteiger partial charge in [-0.3, -0.25) is 0 Å². The van der Waals surface area contributed by atoms with E-state index in [-0.39, 0.29) is 0 Å². The summed E-state index contributed by atoms with van der Waals surface area (Å²) >= 11 is 0. The summed E-state index contributed by atoms with van der Waals surface area (Å²) in [5.41, 5.74) is 5.35. The van der Waals surface area contributed by atoms with Crippen LogP contribution in [0.3, 0.4) is 0 Å². The van der Waals surface area contributed by atoms with Gasteiger partial charge in [-0.25, -0.2) is 4.79 Å². The lowest BCUT2D eigenvalue weighted by Crippen LogP contribution is -2.35. The molecule has 0 saturated carbocycles. The lowest BCUT2D eigenvalue weighted by molar-refractivity contribution is -0.201. The summed E-state index contributed by atoms with van der Waals surface area (Å²) in [5, 5.41) is 0. The maximum absolute atomic E-state index is 12.4. The van der Waals surface area contributed by atoms with Crippen molar-refractivity contribution >= 4 is 12.2 Å². The predicted molar refractivity (Wildman–Crippen MR) is 60.6 cm³/mol. The summed E-state index contributed by atoms with van der Waals surface area (Å²) in [5.74, 6) is 0. The molecule has 0 bridgehead atoms. The molecule has 1 aromatic rings. The first-order valence-corrected chi connectivity index (χ1v) is 5.14. The minimum atomic E-state index is -4.63. The van der Waals surface area contributed by atoms with E-state index in [1.54, 1.807) is 30.3 Å². The normalized spacial score (nSPS) is 13.5. The fraction of sp³-hybridized carbons (Fsp3) is 0.250.